The van der Waals surface area contributed by atoms with E-state index in [1.807, 2.05) is 13.8 Å². The van der Waals surface area contributed by atoms with Gasteiger partial charge in [-0.15, -0.1) is 0 Å². The molecule has 3 heteroatoms. The first-order valence-electron chi connectivity index (χ1n) is 4.76. The van der Waals surface area contributed by atoms with Crippen molar-refractivity contribution >= 4 is 12.3 Å². The number of carbonyl (C=O) groups excluding carboxylic acids is 1. The van der Waals surface area contributed by atoms with E-state index >= 15 is 0 Å². The van der Waals surface area contributed by atoms with Gasteiger partial charge in [-0.3, -0.25) is 4.79 Å². The van der Waals surface area contributed by atoms with Crippen molar-refractivity contribution in [1.82, 2.24) is 0 Å². The molecule has 0 saturated heterocycles. The summed E-state index contributed by atoms with van der Waals surface area (Å²) in [4.78, 5) is 21.5. The van der Waals surface area contributed by atoms with Gasteiger partial charge in [-0.1, -0.05) is 13.8 Å². The van der Waals surface area contributed by atoms with Crippen LogP contribution in [-0.2, 0) is 9.59 Å². The summed E-state index contributed by atoms with van der Waals surface area (Å²) in [7, 11) is 0. The second-order valence-electron chi connectivity index (χ2n) is 4.08. The van der Waals surface area contributed by atoms with Gasteiger partial charge in [-0.2, -0.15) is 0 Å². The van der Waals surface area contributed by atoms with E-state index in [9.17, 15) is 9.59 Å². The predicted octanol–water partition coefficient (Wildman–Crippen LogP) is 1.57. The molecule has 0 amide bonds. The molecule has 0 radical (unpaired) electrons. The Morgan fingerprint density at radius 3 is 2.62 bits per heavy atom. The van der Waals surface area contributed by atoms with Gasteiger partial charge in [0, 0.05) is 5.92 Å². The summed E-state index contributed by atoms with van der Waals surface area (Å²) >= 11 is 0. The van der Waals surface area contributed by atoms with Crippen LogP contribution in [0.25, 0.3) is 0 Å². The van der Waals surface area contributed by atoms with E-state index in [2.05, 4.69) is 0 Å². The molecule has 0 aromatic carbocycles. The number of carboxylic acid groups (broad SMARTS) is 1. The monoisotopic (exact) mass is 184 g/mol. The number of rotatable bonds is 3. The van der Waals surface area contributed by atoms with E-state index in [0.717, 1.165) is 19.1 Å². The van der Waals surface area contributed by atoms with Crippen LogP contribution in [0.1, 0.15) is 26.7 Å². The molecule has 0 heterocycles. The molecule has 74 valence electrons. The molecule has 1 aliphatic carbocycles. The Hall–Kier alpha value is -0.860. The lowest BCUT2D eigenvalue weighted by Crippen LogP contribution is -2.27. The van der Waals surface area contributed by atoms with Crippen LogP contribution in [0.2, 0.25) is 0 Å². The highest BCUT2D eigenvalue weighted by atomic mass is 16.4. The fraction of sp³-hybridized carbons (Fsp3) is 0.800. The summed E-state index contributed by atoms with van der Waals surface area (Å²) in [6.07, 6.45) is 2.68. The van der Waals surface area contributed by atoms with E-state index in [4.69, 9.17) is 5.11 Å². The molecule has 1 fully saturated rings. The first-order valence-corrected chi connectivity index (χ1v) is 4.76. The van der Waals surface area contributed by atoms with Crippen LogP contribution in [0.4, 0.5) is 0 Å². The Bertz CT molecular complexity index is 212. The van der Waals surface area contributed by atoms with Crippen LogP contribution >= 0.6 is 0 Å². The van der Waals surface area contributed by atoms with E-state index in [0.29, 0.717) is 0 Å². The lowest BCUT2D eigenvalue weighted by atomic mass is 9.83. The van der Waals surface area contributed by atoms with Crippen molar-refractivity contribution < 1.29 is 14.7 Å². The first-order chi connectivity index (χ1) is 6.07. The van der Waals surface area contributed by atoms with E-state index < -0.39 is 5.97 Å². The molecular formula is C10H16O3. The highest BCUT2D eigenvalue weighted by Crippen LogP contribution is 2.40. The van der Waals surface area contributed by atoms with Crippen molar-refractivity contribution in [2.24, 2.45) is 23.7 Å². The van der Waals surface area contributed by atoms with Gasteiger partial charge in [0.1, 0.15) is 6.29 Å². The van der Waals surface area contributed by atoms with Gasteiger partial charge in [0.2, 0.25) is 0 Å². The minimum absolute atomic E-state index is 0.0463. The van der Waals surface area contributed by atoms with Crippen molar-refractivity contribution in [3.05, 3.63) is 0 Å². The van der Waals surface area contributed by atoms with Crippen LogP contribution < -0.4 is 0 Å². The van der Waals surface area contributed by atoms with Crippen LogP contribution in [0.15, 0.2) is 0 Å². The van der Waals surface area contributed by atoms with Crippen molar-refractivity contribution in [3.8, 4) is 0 Å². The molecule has 0 bridgehead atoms. The number of hydrogen-bond donors (Lipinski definition) is 1. The predicted molar refractivity (Wildman–Crippen MR) is 48.2 cm³/mol. The molecule has 1 saturated carbocycles. The molecule has 1 rings (SSSR count). The number of hydrogen-bond acceptors (Lipinski definition) is 2. The van der Waals surface area contributed by atoms with E-state index in [-0.39, 0.29) is 23.7 Å². The molecule has 3 nitrogen and oxygen atoms in total. The summed E-state index contributed by atoms with van der Waals surface area (Å²) in [5.41, 5.74) is 0. The smallest absolute Gasteiger partial charge is 0.307 e. The lowest BCUT2D eigenvalue weighted by Gasteiger charge is -2.20. The maximum Gasteiger partial charge on any atom is 0.307 e. The van der Waals surface area contributed by atoms with Gasteiger partial charge in [-0.05, 0) is 24.7 Å². The molecule has 0 unspecified atom stereocenters. The molecule has 0 aromatic rings. The summed E-state index contributed by atoms with van der Waals surface area (Å²) in [6, 6.07) is 0. The molecule has 0 aliphatic heterocycles. The average Bonchev–Trinajstić information content (AvgIpc) is 2.45. The van der Waals surface area contributed by atoms with Gasteiger partial charge < -0.3 is 9.90 Å². The Balaban J connectivity index is 2.75. The summed E-state index contributed by atoms with van der Waals surface area (Å²) < 4.78 is 0. The minimum Gasteiger partial charge on any atom is -0.481 e. The van der Waals surface area contributed by atoms with Crippen molar-refractivity contribution in [2.75, 3.05) is 0 Å². The molecule has 1 N–H and O–H groups in total. The van der Waals surface area contributed by atoms with E-state index in [1.54, 1.807) is 0 Å². The maximum absolute atomic E-state index is 10.9. The highest BCUT2D eigenvalue weighted by Gasteiger charge is 2.40. The summed E-state index contributed by atoms with van der Waals surface area (Å²) in [5.74, 6) is -0.926. The molecule has 0 spiro atoms. The minimum atomic E-state index is -0.747. The van der Waals surface area contributed by atoms with Crippen molar-refractivity contribution in [2.45, 2.75) is 26.7 Å². The van der Waals surface area contributed by atoms with Gasteiger partial charge in [0.25, 0.3) is 0 Å². The van der Waals surface area contributed by atoms with Crippen LogP contribution in [0, 0.1) is 23.7 Å². The normalized spacial score (nSPS) is 35.7. The standard InChI is InChI=1S/C10H16O3/c1-6-3-4-8(7(2)5-11)9(6)10(12)13/h5-9H,3-4H2,1-2H3,(H,12,13)/t6-,7-,8+,9-/m0/s1. The second kappa shape index (κ2) is 3.90. The first kappa shape index (κ1) is 10.2. The lowest BCUT2D eigenvalue weighted by molar-refractivity contribution is -0.145. The molecule has 1 aliphatic rings. The number of carbonyl (C=O) groups is 2. The fourth-order valence-electron chi connectivity index (χ4n) is 2.35. The zero-order chi connectivity index (χ0) is 10.0. The van der Waals surface area contributed by atoms with Crippen molar-refractivity contribution in [1.29, 1.82) is 0 Å². The largest absolute Gasteiger partial charge is 0.481 e. The molecule has 13 heavy (non-hydrogen) atoms. The second-order valence-corrected chi connectivity index (χ2v) is 4.08. The van der Waals surface area contributed by atoms with Crippen LogP contribution in [0.5, 0.6) is 0 Å². The molecule has 0 aromatic heterocycles. The van der Waals surface area contributed by atoms with Crippen LogP contribution in [-0.4, -0.2) is 17.4 Å². The quantitative estimate of drug-likeness (QED) is 0.677. The fourth-order valence-corrected chi connectivity index (χ4v) is 2.35. The van der Waals surface area contributed by atoms with E-state index in [1.165, 1.54) is 0 Å². The topological polar surface area (TPSA) is 54.4 Å². The van der Waals surface area contributed by atoms with Gasteiger partial charge in [0.05, 0.1) is 5.92 Å². The SMILES string of the molecule is C[C@@H](C=O)[C@H]1CC[C@H](C)[C@@H]1C(=O)O. The average molecular weight is 184 g/mol. The Labute approximate surface area is 78.1 Å². The highest BCUT2D eigenvalue weighted by molar-refractivity contribution is 5.72. The molecular weight excluding hydrogens is 168 g/mol. The third-order valence-electron chi connectivity index (χ3n) is 3.20. The Morgan fingerprint density at radius 1 is 1.54 bits per heavy atom. The van der Waals surface area contributed by atoms with Gasteiger partial charge in [0.15, 0.2) is 0 Å². The maximum atomic E-state index is 10.9. The Morgan fingerprint density at radius 2 is 2.15 bits per heavy atom. The number of aliphatic carboxylic acids is 1. The van der Waals surface area contributed by atoms with Gasteiger partial charge in [-0.25, -0.2) is 0 Å². The Kier molecular flexibility index (Phi) is 3.07. The summed E-state index contributed by atoms with van der Waals surface area (Å²) in [6.45, 7) is 3.77. The molecule has 4 atom stereocenters. The number of carboxylic acids is 1. The third-order valence-corrected chi connectivity index (χ3v) is 3.20. The number of aldehydes is 1. The zero-order valence-electron chi connectivity index (χ0n) is 8.06. The zero-order valence-corrected chi connectivity index (χ0v) is 8.06. The van der Waals surface area contributed by atoms with Crippen molar-refractivity contribution in [3.63, 3.8) is 0 Å². The summed E-state index contributed by atoms with van der Waals surface area (Å²) in [5, 5.41) is 8.98. The van der Waals surface area contributed by atoms with Crippen LogP contribution in [0.3, 0.4) is 0 Å². The van der Waals surface area contributed by atoms with Gasteiger partial charge >= 0.3 is 5.97 Å². The third kappa shape index (κ3) is 1.90.